The van der Waals surface area contributed by atoms with Crippen LogP contribution in [0, 0.1) is 11.5 Å². The van der Waals surface area contributed by atoms with Crippen molar-refractivity contribution in [1.82, 2.24) is 49.0 Å². The summed E-state index contributed by atoms with van der Waals surface area (Å²) in [5.74, 6) is 9.24. The number of aromatic nitrogens is 8. The molecule has 0 fully saturated rings. The first-order valence-electron chi connectivity index (χ1n) is 27.7. The van der Waals surface area contributed by atoms with Gasteiger partial charge in [-0.05, 0) is 105 Å². The quantitative estimate of drug-likeness (QED) is 0.0119. The molecule has 0 spiro atoms. The van der Waals surface area contributed by atoms with Crippen LogP contribution < -0.4 is 71.9 Å². The minimum absolute atomic E-state index is 0.0703. The van der Waals surface area contributed by atoms with Crippen molar-refractivity contribution in [2.75, 3.05) is 78.8 Å². The van der Waals surface area contributed by atoms with E-state index < -0.39 is 5.97 Å². The molecule has 9 N–H and O–H groups in total. The van der Waals surface area contributed by atoms with E-state index in [1.807, 2.05) is 48.5 Å². The number of nitrogens with zero attached hydrogens (tertiary/aromatic N) is 10. The number of H-pyrrole nitrogens is 1. The van der Waals surface area contributed by atoms with Crippen molar-refractivity contribution in [3.05, 3.63) is 184 Å². The van der Waals surface area contributed by atoms with Crippen LogP contribution in [0.25, 0.3) is 39.0 Å². The normalized spacial score (nSPS) is 10.6. The molecule has 466 valence electrons. The number of ether oxygens (including phenoxy) is 7. The number of aromatic carboxylic acids is 1. The number of carboxylic acid groups (broad SMARTS) is 1. The zero-order valence-corrected chi connectivity index (χ0v) is 50.8. The third kappa shape index (κ3) is 16.1. The number of hydrogen-bond donors (Lipinski definition) is 7. The molecular formula is C63H68N16O11. The first-order chi connectivity index (χ1) is 43.7. The van der Waals surface area contributed by atoms with Gasteiger partial charge in [-0.3, -0.25) is 20.4 Å². The van der Waals surface area contributed by atoms with E-state index in [1.54, 1.807) is 154 Å². The minimum atomic E-state index is -0.987. The number of nitrogens with two attached hydrogens (primary N) is 2. The Labute approximate surface area is 516 Å². The smallest absolute Gasteiger partial charge is 0.337 e. The van der Waals surface area contributed by atoms with Crippen LogP contribution in [0.1, 0.15) is 31.1 Å². The molecular weight excluding hydrogens is 1160 g/mol. The predicted molar refractivity (Wildman–Crippen MR) is 345 cm³/mol. The Kier molecular flexibility index (Phi) is 23.4. The van der Waals surface area contributed by atoms with Crippen molar-refractivity contribution in [1.29, 1.82) is 5.26 Å². The van der Waals surface area contributed by atoms with Gasteiger partial charge in [-0.1, -0.05) is 75.4 Å². The Morgan fingerprint density at radius 1 is 0.656 bits per heavy atom. The van der Waals surface area contributed by atoms with E-state index in [9.17, 15) is 14.4 Å². The second-order valence-corrected chi connectivity index (χ2v) is 18.4. The summed E-state index contributed by atoms with van der Waals surface area (Å²) in [6.45, 7) is 10.1. The highest BCUT2D eigenvalue weighted by molar-refractivity contribution is 5.94. The number of hydrogen-bond acceptors (Lipinski definition) is 21. The van der Waals surface area contributed by atoms with Gasteiger partial charge in [0.15, 0.2) is 40.7 Å². The average molecular weight is 1230 g/mol. The SMILES string of the molecule is CCN(CC)CC.COc1ccc(-n2c(=O)c3ccccc3n3nc(N)nc23)cc1OC.COc1ccc(N=C(NC#N)Oc2ccccc2)cc1OC.COc1ccc(Nc2nc3[nH]c(=O)c4ccccc4n3n2)cc1OC.NNc1ccccc1C(=O)O. The summed E-state index contributed by atoms with van der Waals surface area (Å²) in [7, 11) is 9.34. The van der Waals surface area contributed by atoms with Gasteiger partial charge in [-0.25, -0.2) is 14.7 Å². The second-order valence-electron chi connectivity index (χ2n) is 18.4. The number of para-hydroxylation sites is 4. The van der Waals surface area contributed by atoms with Gasteiger partial charge in [0.2, 0.25) is 23.5 Å². The summed E-state index contributed by atoms with van der Waals surface area (Å²) in [5, 5.41) is 32.6. The number of nitrogens with one attached hydrogen (secondary N) is 4. The van der Waals surface area contributed by atoms with Crippen LogP contribution in [0.15, 0.2) is 172 Å². The minimum Gasteiger partial charge on any atom is -0.493 e. The largest absolute Gasteiger partial charge is 0.493 e. The second kappa shape index (κ2) is 32.0. The van der Waals surface area contributed by atoms with Gasteiger partial charge in [0.25, 0.3) is 11.1 Å². The van der Waals surface area contributed by atoms with Crippen LogP contribution in [-0.4, -0.2) is 123 Å². The zero-order valence-electron chi connectivity index (χ0n) is 50.8. The van der Waals surface area contributed by atoms with Crippen LogP contribution in [0.3, 0.4) is 0 Å². The molecule has 27 heteroatoms. The van der Waals surface area contributed by atoms with E-state index in [1.165, 1.54) is 37.4 Å². The van der Waals surface area contributed by atoms with E-state index in [0.717, 1.165) is 5.69 Å². The summed E-state index contributed by atoms with van der Waals surface area (Å²) in [5.41, 5.74) is 11.4. The number of aliphatic imine (C=N–C) groups is 1. The number of methoxy groups -OCH3 is 6. The van der Waals surface area contributed by atoms with Crippen LogP contribution in [-0.2, 0) is 0 Å². The molecule has 0 atom stereocenters. The molecule has 0 unspecified atom stereocenters. The molecule has 0 bridgehead atoms. The number of nitriles is 1. The monoisotopic (exact) mass is 1220 g/mol. The van der Waals surface area contributed by atoms with Crippen molar-refractivity contribution in [3.63, 3.8) is 0 Å². The van der Waals surface area contributed by atoms with E-state index in [2.05, 4.69) is 71.9 Å². The number of benzene rings is 7. The first-order valence-corrected chi connectivity index (χ1v) is 27.7. The molecule has 90 heavy (non-hydrogen) atoms. The van der Waals surface area contributed by atoms with Gasteiger partial charge >= 0.3 is 12.0 Å². The Morgan fingerprint density at radius 2 is 1.21 bits per heavy atom. The number of nitrogen functional groups attached to an aromatic ring is 2. The Balaban J connectivity index is 0.000000169. The molecule has 4 aromatic heterocycles. The van der Waals surface area contributed by atoms with Gasteiger partial charge in [0.05, 0.1) is 87.1 Å². The molecule has 0 saturated carbocycles. The molecule has 7 aromatic carbocycles. The number of carboxylic acids is 1. The summed E-state index contributed by atoms with van der Waals surface area (Å²) in [4.78, 5) is 53.6. The first kappa shape index (κ1) is 65.6. The summed E-state index contributed by atoms with van der Waals surface area (Å²) in [6, 6.07) is 45.7. The summed E-state index contributed by atoms with van der Waals surface area (Å²) >= 11 is 0. The molecule has 11 rings (SSSR count). The fourth-order valence-electron chi connectivity index (χ4n) is 8.75. The van der Waals surface area contributed by atoms with Crippen LogP contribution in [0.4, 0.5) is 29.0 Å². The van der Waals surface area contributed by atoms with E-state index in [4.69, 9.17) is 55.1 Å². The van der Waals surface area contributed by atoms with Crippen molar-refractivity contribution < 1.29 is 43.1 Å². The van der Waals surface area contributed by atoms with Crippen LogP contribution >= 0.6 is 0 Å². The number of rotatable bonds is 16. The van der Waals surface area contributed by atoms with Crippen molar-refractivity contribution in [2.24, 2.45) is 10.8 Å². The molecule has 0 aliphatic rings. The molecule has 0 radical (unpaired) electrons. The topological polar surface area (TPSA) is 345 Å². The number of carbonyl (C=O) groups is 1. The van der Waals surface area contributed by atoms with Crippen LogP contribution in [0.5, 0.6) is 40.2 Å². The third-order valence-electron chi connectivity index (χ3n) is 13.2. The summed E-state index contributed by atoms with van der Waals surface area (Å²) < 4.78 is 41.6. The fraction of sp³-hybridized carbons (Fsp3) is 0.190. The van der Waals surface area contributed by atoms with Crippen molar-refractivity contribution in [2.45, 2.75) is 20.8 Å². The number of aromatic amines is 1. The van der Waals surface area contributed by atoms with Crippen molar-refractivity contribution >= 4 is 74.3 Å². The maximum absolute atomic E-state index is 13.1. The van der Waals surface area contributed by atoms with Gasteiger partial charge in [0, 0.05) is 23.9 Å². The van der Waals surface area contributed by atoms with Gasteiger partial charge in [-0.2, -0.15) is 29.3 Å². The van der Waals surface area contributed by atoms with E-state index in [-0.39, 0.29) is 28.7 Å². The lowest BCUT2D eigenvalue weighted by molar-refractivity contribution is 0.0697. The summed E-state index contributed by atoms with van der Waals surface area (Å²) in [6.07, 6.45) is 1.80. The highest BCUT2D eigenvalue weighted by Crippen LogP contribution is 2.33. The maximum atomic E-state index is 13.1. The zero-order chi connectivity index (χ0) is 64.7. The maximum Gasteiger partial charge on any atom is 0.337 e. The van der Waals surface area contributed by atoms with Gasteiger partial charge in [-0.15, -0.1) is 10.2 Å². The molecule has 11 aromatic rings. The molecule has 0 saturated heterocycles. The highest BCUT2D eigenvalue weighted by Gasteiger charge is 2.18. The van der Waals surface area contributed by atoms with Crippen molar-refractivity contribution in [3.8, 4) is 52.1 Å². The van der Waals surface area contributed by atoms with Gasteiger partial charge in [0.1, 0.15) is 5.75 Å². The average Bonchev–Trinajstić information content (AvgIpc) is 1.46. The number of hydrazine groups is 1. The third-order valence-corrected chi connectivity index (χ3v) is 13.2. The lowest BCUT2D eigenvalue weighted by atomic mass is 10.2. The molecule has 27 nitrogen and oxygen atoms in total. The van der Waals surface area contributed by atoms with Crippen LogP contribution in [0.2, 0.25) is 0 Å². The Morgan fingerprint density at radius 3 is 1.80 bits per heavy atom. The lowest BCUT2D eigenvalue weighted by Crippen LogP contribution is -2.23. The van der Waals surface area contributed by atoms with Gasteiger partial charge < -0.3 is 59.6 Å². The number of amidine groups is 1. The standard InChI is InChI=1S/2C17H15N5O3.C16H15N3O3.C7H8N2O2.C6H15N/c1-24-13-8-7-10(9-14(13)25-2)21-15(23)11-5-3-4-6-12(11)22-17(21)19-16(18)20-22;1-24-13-8-7-10(9-14(13)25-2)18-16-20-17-19-15(23)11-5-3-4-6-12(11)22(17)21-16;1-20-14-9-8-12(10-15(14)21-2)19-16(18-11-17)22-13-6-4-3-5-7-13;8-9-6-4-2-1-3-5(6)7(10)11;1-4-7(5-2)6-3/h3-9H,1-2H3,(H2,18,20);3-9H,1-2H3,(H2,18,19,20,21,23);3-10H,1-2H3,(H,18,19);1-4,9H,8H2,(H,10,11);4-6H2,1-3H3. The molecule has 0 aliphatic heterocycles. The molecule has 0 amide bonds. The lowest BCUT2D eigenvalue weighted by Gasteiger charge is -2.13. The highest BCUT2D eigenvalue weighted by atomic mass is 16.5. The predicted octanol–water partition coefficient (Wildman–Crippen LogP) is 8.82. The van der Waals surface area contributed by atoms with E-state index >= 15 is 0 Å². The molecule has 4 heterocycles. The van der Waals surface area contributed by atoms with E-state index in [0.29, 0.717) is 96.6 Å². The Hall–Kier alpha value is -11.9. The Bertz CT molecular complexity index is 4400. The molecule has 0 aliphatic carbocycles. The number of anilines is 4. The fourth-order valence-corrected chi connectivity index (χ4v) is 8.75. The number of fused-ring (bicyclic) bond motifs is 6.